The molecule has 2 fully saturated rings. The molecule has 2 saturated heterocycles. The number of anilines is 1. The Balaban J connectivity index is 1.69. The number of aliphatic carboxylic acids is 1. The van der Waals surface area contributed by atoms with E-state index < -0.39 is 34.6 Å². The zero-order valence-electron chi connectivity index (χ0n) is 17.0. The average Bonchev–Trinajstić information content (AvgIpc) is 3.23. The van der Waals surface area contributed by atoms with Gasteiger partial charge in [-0.25, -0.2) is 0 Å². The summed E-state index contributed by atoms with van der Waals surface area (Å²) in [6, 6.07) is 0.986. The lowest BCUT2D eigenvalue weighted by molar-refractivity contribution is -0.157. The second kappa shape index (κ2) is 10.7. The van der Waals surface area contributed by atoms with Gasteiger partial charge < -0.3 is 25.9 Å². The van der Waals surface area contributed by atoms with Crippen LogP contribution in [0.2, 0.25) is 0 Å². The molecule has 3 heterocycles. The predicted octanol–water partition coefficient (Wildman–Crippen LogP) is 0.268. The Kier molecular flexibility index (Phi) is 7.95. The summed E-state index contributed by atoms with van der Waals surface area (Å²) < 4.78 is 3.96. The van der Waals surface area contributed by atoms with E-state index in [1.165, 1.54) is 46.0 Å². The Labute approximate surface area is 201 Å². The van der Waals surface area contributed by atoms with E-state index in [0.717, 1.165) is 11.5 Å². The number of carboxylic acids is 1. The summed E-state index contributed by atoms with van der Waals surface area (Å²) in [4.78, 5) is 47.9. The van der Waals surface area contributed by atoms with Crippen LogP contribution in [0.4, 0.5) is 5.13 Å². The van der Waals surface area contributed by atoms with Gasteiger partial charge >= 0.3 is 5.97 Å². The molecule has 3 rings (SSSR count). The van der Waals surface area contributed by atoms with Gasteiger partial charge in [-0.05, 0) is 5.41 Å². The van der Waals surface area contributed by atoms with E-state index in [4.69, 9.17) is 15.8 Å². The molecular formula is C18H19N7O5S3. The van der Waals surface area contributed by atoms with Crippen LogP contribution in [-0.2, 0) is 19.2 Å². The molecule has 0 spiro atoms. The van der Waals surface area contributed by atoms with Crippen LogP contribution in [0.15, 0.2) is 29.3 Å². The molecule has 4 N–H and O–H groups in total. The number of nitrogens with one attached hydrogen (secondary N) is 1. The molecule has 12 nitrogen and oxygen atoms in total. The highest BCUT2D eigenvalue weighted by Crippen LogP contribution is 2.43. The molecule has 3 atom stereocenters. The molecule has 15 heteroatoms. The number of nitrogen functional groups attached to an aromatic ring is 1. The SMILES string of the molecule is C=CCON=C(C(=O)NC1C(=O)N2CC(CSC=CC#N)(C(=O)O)CS[C@H]12)c1nsc(N)n1. The van der Waals surface area contributed by atoms with Crippen LogP contribution in [0, 0.1) is 16.7 Å². The van der Waals surface area contributed by atoms with Gasteiger partial charge in [0.2, 0.25) is 17.4 Å². The maximum Gasteiger partial charge on any atom is 0.313 e. The number of aromatic nitrogens is 2. The fourth-order valence-corrected chi connectivity index (χ4v) is 6.07. The molecule has 2 amide bonds. The Hall–Kier alpha value is -3.09. The molecular weight excluding hydrogens is 490 g/mol. The lowest BCUT2D eigenvalue weighted by Crippen LogP contribution is -2.74. The number of nitrogens with two attached hydrogens (primary N) is 1. The van der Waals surface area contributed by atoms with Crippen LogP contribution in [0.1, 0.15) is 5.82 Å². The van der Waals surface area contributed by atoms with Gasteiger partial charge in [-0.3, -0.25) is 14.4 Å². The van der Waals surface area contributed by atoms with Gasteiger partial charge in [-0.2, -0.15) is 14.6 Å². The molecule has 1 aromatic heterocycles. The quantitative estimate of drug-likeness (QED) is 0.0982. The summed E-state index contributed by atoms with van der Waals surface area (Å²) in [5.74, 6) is -1.73. The number of rotatable bonds is 10. The van der Waals surface area contributed by atoms with Gasteiger partial charge in [-0.1, -0.05) is 17.8 Å². The van der Waals surface area contributed by atoms with Crippen molar-refractivity contribution in [3.05, 3.63) is 30.0 Å². The molecule has 174 valence electrons. The zero-order valence-corrected chi connectivity index (χ0v) is 19.5. The number of allylic oxidation sites excluding steroid dienone is 1. The maximum atomic E-state index is 12.8. The Bertz CT molecular complexity index is 1050. The number of β-lactam (4-membered cyclic amide) rings is 1. The van der Waals surface area contributed by atoms with E-state index in [-0.39, 0.29) is 41.3 Å². The molecule has 1 aromatic rings. The summed E-state index contributed by atoms with van der Waals surface area (Å²) in [5, 5.41) is 26.0. The third-order valence-electron chi connectivity index (χ3n) is 4.70. The number of nitrogens with zero attached hydrogens (tertiary/aromatic N) is 5. The molecule has 2 aliphatic heterocycles. The van der Waals surface area contributed by atoms with Gasteiger partial charge in [0.1, 0.15) is 23.4 Å². The third kappa shape index (κ3) is 5.29. The molecule has 2 aliphatic rings. The Morgan fingerprint density at radius 1 is 1.58 bits per heavy atom. The van der Waals surface area contributed by atoms with Gasteiger partial charge in [0.15, 0.2) is 5.13 Å². The van der Waals surface area contributed by atoms with Crippen molar-refractivity contribution >= 4 is 63.7 Å². The molecule has 0 radical (unpaired) electrons. The van der Waals surface area contributed by atoms with Crippen LogP contribution in [0.3, 0.4) is 0 Å². The number of nitriles is 1. The largest absolute Gasteiger partial charge is 0.481 e. The number of carbonyl (C=O) groups is 3. The van der Waals surface area contributed by atoms with E-state index >= 15 is 0 Å². The smallest absolute Gasteiger partial charge is 0.313 e. The summed E-state index contributed by atoms with van der Waals surface area (Å²) in [7, 11) is 0. The monoisotopic (exact) mass is 509 g/mol. The highest BCUT2D eigenvalue weighted by molar-refractivity contribution is 8.02. The fraction of sp³-hybridized carbons (Fsp3) is 0.389. The first kappa shape index (κ1) is 24.6. The molecule has 0 aromatic carbocycles. The van der Waals surface area contributed by atoms with E-state index in [0.29, 0.717) is 0 Å². The standard InChI is InChI=1S/C18H19N7O5S3/c1-2-5-30-23-10(12-22-17(20)33-24-12)13(26)21-11-14(27)25-7-18(16(28)29,9-32-15(11)25)8-31-6-3-4-19/h2-3,6,11,15H,1,5,7-9H2,(H,21,26)(H,28,29)(H2,20,22,24)/t11?,15-,18?/m1/s1. The first-order valence-electron chi connectivity index (χ1n) is 9.36. The van der Waals surface area contributed by atoms with E-state index in [1.54, 1.807) is 0 Å². The van der Waals surface area contributed by atoms with E-state index in [9.17, 15) is 19.5 Å². The summed E-state index contributed by atoms with van der Waals surface area (Å²) in [6.07, 6.45) is 2.71. The number of oxime groups is 1. The van der Waals surface area contributed by atoms with Gasteiger partial charge in [0.25, 0.3) is 5.91 Å². The normalized spacial score (nSPS) is 24.5. The van der Waals surface area contributed by atoms with Crippen LogP contribution < -0.4 is 11.1 Å². The lowest BCUT2D eigenvalue weighted by atomic mass is 9.89. The highest BCUT2D eigenvalue weighted by atomic mass is 32.2. The van der Waals surface area contributed by atoms with Crippen molar-refractivity contribution in [1.82, 2.24) is 19.6 Å². The fourth-order valence-electron chi connectivity index (χ4n) is 3.07. The van der Waals surface area contributed by atoms with Crippen molar-refractivity contribution in [2.45, 2.75) is 11.4 Å². The lowest BCUT2D eigenvalue weighted by Gasteiger charge is -2.53. The van der Waals surface area contributed by atoms with Gasteiger partial charge in [0, 0.05) is 35.7 Å². The first-order chi connectivity index (χ1) is 15.8. The molecule has 0 aliphatic carbocycles. The van der Waals surface area contributed by atoms with Crippen LogP contribution in [0.25, 0.3) is 0 Å². The van der Waals surface area contributed by atoms with Gasteiger partial charge in [-0.15, -0.1) is 23.5 Å². The first-order valence-corrected chi connectivity index (χ1v) is 12.2. The van der Waals surface area contributed by atoms with Crippen molar-refractivity contribution in [3.63, 3.8) is 0 Å². The average molecular weight is 510 g/mol. The van der Waals surface area contributed by atoms with Crippen molar-refractivity contribution in [3.8, 4) is 6.07 Å². The van der Waals surface area contributed by atoms with Crippen LogP contribution in [-0.4, -0.2) is 78.9 Å². The number of amides is 2. The number of carbonyl (C=O) groups excluding carboxylic acids is 2. The topological polar surface area (TPSA) is 184 Å². The second-order valence-corrected chi connectivity index (χ2v) is 9.71. The highest BCUT2D eigenvalue weighted by Gasteiger charge is 2.57. The van der Waals surface area contributed by atoms with Crippen LogP contribution in [0.5, 0.6) is 0 Å². The van der Waals surface area contributed by atoms with Gasteiger partial charge in [0.05, 0.1) is 6.07 Å². The molecule has 33 heavy (non-hydrogen) atoms. The minimum atomic E-state index is -1.16. The summed E-state index contributed by atoms with van der Waals surface area (Å²) >= 11 is 3.35. The maximum absolute atomic E-state index is 12.8. The van der Waals surface area contributed by atoms with Crippen molar-refractivity contribution in [1.29, 1.82) is 5.26 Å². The second-order valence-electron chi connectivity index (χ2n) is 6.93. The number of fused-ring (bicyclic) bond motifs is 1. The minimum absolute atomic E-state index is 0.00612. The third-order valence-corrected chi connectivity index (χ3v) is 7.88. The molecule has 2 unspecified atom stereocenters. The minimum Gasteiger partial charge on any atom is -0.481 e. The number of hydrogen-bond donors (Lipinski definition) is 3. The Morgan fingerprint density at radius 3 is 3.00 bits per heavy atom. The zero-order chi connectivity index (χ0) is 24.0. The van der Waals surface area contributed by atoms with E-state index in [1.807, 2.05) is 6.07 Å². The van der Waals surface area contributed by atoms with Crippen molar-refractivity contribution in [2.75, 3.05) is 30.4 Å². The number of hydrogen-bond acceptors (Lipinski definition) is 12. The van der Waals surface area contributed by atoms with Crippen LogP contribution >= 0.6 is 35.1 Å². The Morgan fingerprint density at radius 2 is 2.36 bits per heavy atom. The number of thioether (sulfide) groups is 2. The molecule has 0 bridgehead atoms. The predicted molar refractivity (Wildman–Crippen MR) is 124 cm³/mol. The number of carboxylic acid groups (broad SMARTS) is 1. The van der Waals surface area contributed by atoms with Crippen molar-refractivity contribution in [2.24, 2.45) is 10.6 Å². The summed E-state index contributed by atoms with van der Waals surface area (Å²) in [5.41, 5.74) is 4.19. The molecule has 0 saturated carbocycles. The summed E-state index contributed by atoms with van der Waals surface area (Å²) in [6.45, 7) is 3.55. The van der Waals surface area contributed by atoms with E-state index in [2.05, 4.69) is 26.4 Å². The van der Waals surface area contributed by atoms with Crippen molar-refractivity contribution < 1.29 is 24.3 Å².